The van der Waals surface area contributed by atoms with Gasteiger partial charge in [-0.3, -0.25) is 4.99 Å². The van der Waals surface area contributed by atoms with Gasteiger partial charge in [-0.05, 0) is 106 Å². The van der Waals surface area contributed by atoms with Crippen molar-refractivity contribution in [3.8, 4) is 5.75 Å². The van der Waals surface area contributed by atoms with Gasteiger partial charge >= 0.3 is 0 Å². The molecule has 3 aliphatic rings. The maximum atomic E-state index is 8.10. The third kappa shape index (κ3) is 5.81. The Hall–Kier alpha value is -3.73. The predicted octanol–water partition coefficient (Wildman–Crippen LogP) is 9.26. The summed E-state index contributed by atoms with van der Waals surface area (Å²) in [5.74, 6) is 2.75. The number of rotatable bonds is 8. The van der Waals surface area contributed by atoms with Crippen molar-refractivity contribution in [2.45, 2.75) is 82.9 Å². The fourth-order valence-electron chi connectivity index (χ4n) is 9.77. The molecule has 0 heterocycles. The summed E-state index contributed by atoms with van der Waals surface area (Å²) >= 11 is 0. The van der Waals surface area contributed by atoms with E-state index in [1.54, 1.807) is 12.7 Å². The van der Waals surface area contributed by atoms with Gasteiger partial charge in [0.15, 0.2) is 0 Å². The maximum absolute atomic E-state index is 8.10. The van der Waals surface area contributed by atoms with Gasteiger partial charge in [-0.15, -0.1) is 0 Å². The van der Waals surface area contributed by atoms with Crippen LogP contribution >= 0.6 is 0 Å². The van der Waals surface area contributed by atoms with Gasteiger partial charge in [0.1, 0.15) is 5.75 Å². The van der Waals surface area contributed by atoms with Crippen LogP contribution in [-0.2, 0) is 10.8 Å². The number of hydrogen-bond donors (Lipinski definition) is 0. The van der Waals surface area contributed by atoms with Crippen molar-refractivity contribution in [2.24, 2.45) is 22.2 Å². The minimum atomic E-state index is -2.80. The van der Waals surface area contributed by atoms with Crippen LogP contribution in [0.1, 0.15) is 76.0 Å². The van der Waals surface area contributed by atoms with Gasteiger partial charge in [0, 0.05) is 6.21 Å². The van der Waals surface area contributed by atoms with Gasteiger partial charge in [0.05, 0.1) is 19.3 Å². The lowest BCUT2D eigenvalue weighted by Gasteiger charge is -2.53. The second kappa shape index (κ2) is 13.3. The minimum absolute atomic E-state index is 0.0217. The molecule has 0 N–H and O–H groups in total. The Kier molecular flexibility index (Phi) is 9.08. The van der Waals surface area contributed by atoms with Crippen molar-refractivity contribution in [2.75, 3.05) is 7.11 Å². The van der Waals surface area contributed by atoms with E-state index in [0.29, 0.717) is 17.8 Å². The van der Waals surface area contributed by atoms with Gasteiger partial charge in [0.25, 0.3) is 8.32 Å². The first-order chi connectivity index (χ1) is 23.2. The summed E-state index contributed by atoms with van der Waals surface area (Å²) in [6.07, 6.45) is 12.1. The molecule has 7 rings (SSSR count). The van der Waals surface area contributed by atoms with Crippen molar-refractivity contribution >= 4 is 31.0 Å². The summed E-state index contributed by atoms with van der Waals surface area (Å²) < 4.78 is 13.7. The quantitative estimate of drug-likeness (QED) is 0.140. The van der Waals surface area contributed by atoms with E-state index < -0.39 is 8.32 Å². The van der Waals surface area contributed by atoms with Crippen LogP contribution in [0, 0.1) is 17.3 Å². The molecule has 6 atom stereocenters. The normalized spacial score (nSPS) is 27.1. The molecular weight excluding hydrogens is 603 g/mol. The number of aliphatic imine (C=N–C) groups is 1. The van der Waals surface area contributed by atoms with Crippen molar-refractivity contribution < 1.29 is 9.16 Å². The topological polar surface area (TPSA) is 30.8 Å². The highest BCUT2D eigenvalue weighted by Crippen LogP contribution is 2.63. The van der Waals surface area contributed by atoms with Crippen molar-refractivity contribution in [3.05, 3.63) is 132 Å². The smallest absolute Gasteiger partial charge is 0.261 e. The lowest BCUT2D eigenvalue weighted by atomic mass is 9.55. The summed E-state index contributed by atoms with van der Waals surface area (Å²) in [7, 11) is -1.02. The number of nitrogens with zero attached hydrogens (tertiary/aromatic N) is 1. The largest absolute Gasteiger partial charge is 0.497 e. The molecule has 248 valence electrons. The Morgan fingerprint density at radius 1 is 0.833 bits per heavy atom. The first-order valence-corrected chi connectivity index (χ1v) is 19.9. The van der Waals surface area contributed by atoms with Crippen LogP contribution in [0.25, 0.3) is 6.08 Å². The molecule has 0 aliphatic heterocycles. The Bertz CT molecular complexity index is 1710. The van der Waals surface area contributed by atoms with Gasteiger partial charge in [0.2, 0.25) is 0 Å². The summed E-state index contributed by atoms with van der Waals surface area (Å²) in [5.41, 5.74) is 4.26. The third-order valence-electron chi connectivity index (χ3n) is 12.0. The lowest BCUT2D eigenvalue weighted by Crippen LogP contribution is -2.69. The molecule has 0 saturated heterocycles. The van der Waals surface area contributed by atoms with Crippen molar-refractivity contribution in [3.63, 3.8) is 0 Å². The van der Waals surface area contributed by atoms with E-state index in [0.717, 1.165) is 25.0 Å². The molecule has 2 fully saturated rings. The first kappa shape index (κ1) is 32.8. The number of aryl methyl sites for hydroxylation is 1. The van der Waals surface area contributed by atoms with Gasteiger partial charge in [-0.25, -0.2) is 0 Å². The van der Waals surface area contributed by atoms with Crippen LogP contribution in [-0.4, -0.2) is 33.8 Å². The second-order valence-corrected chi connectivity index (χ2v) is 19.9. The molecule has 2 saturated carbocycles. The van der Waals surface area contributed by atoms with E-state index in [1.807, 2.05) is 0 Å². The molecule has 0 aromatic heterocycles. The number of ether oxygens (including phenoxy) is 1. The Labute approximate surface area is 289 Å². The Morgan fingerprint density at radius 2 is 1.48 bits per heavy atom. The molecule has 0 spiro atoms. The van der Waals surface area contributed by atoms with Gasteiger partial charge in [-0.1, -0.05) is 131 Å². The number of allylic oxidation sites excluding steroid dienone is 1. The van der Waals surface area contributed by atoms with Crippen molar-refractivity contribution in [1.82, 2.24) is 0 Å². The minimum Gasteiger partial charge on any atom is -0.497 e. The fraction of sp³-hybridized carbons (Fsp3) is 0.386. The highest BCUT2D eigenvalue weighted by atomic mass is 28.4. The third-order valence-corrected chi connectivity index (χ3v) is 17.1. The van der Waals surface area contributed by atoms with Crippen LogP contribution in [0.15, 0.2) is 120 Å². The van der Waals surface area contributed by atoms with E-state index in [-0.39, 0.29) is 22.6 Å². The number of methoxy groups -OCH3 is 1. The zero-order valence-corrected chi connectivity index (χ0v) is 30.3. The van der Waals surface area contributed by atoms with E-state index in [9.17, 15) is 0 Å². The van der Waals surface area contributed by atoms with E-state index >= 15 is 0 Å². The summed E-state index contributed by atoms with van der Waals surface area (Å²) in [4.78, 5) is 5.42. The van der Waals surface area contributed by atoms with E-state index in [1.165, 1.54) is 34.3 Å². The number of fused-ring (bicyclic) bond motifs is 5. The van der Waals surface area contributed by atoms with Crippen LogP contribution in [0.2, 0.25) is 5.04 Å². The molecular formula is C44H51NO2Si. The van der Waals surface area contributed by atoms with E-state index in [4.69, 9.17) is 14.2 Å². The lowest BCUT2D eigenvalue weighted by molar-refractivity contribution is -0.0173. The summed E-state index contributed by atoms with van der Waals surface area (Å²) in [6, 6.07) is 39.8. The molecule has 4 aromatic rings. The van der Waals surface area contributed by atoms with Gasteiger partial charge < -0.3 is 9.16 Å². The average Bonchev–Trinajstić information content (AvgIpc) is 3.39. The summed E-state index contributed by atoms with van der Waals surface area (Å²) in [6.45, 7) is 9.77. The highest BCUT2D eigenvalue weighted by Gasteiger charge is 2.62. The molecule has 48 heavy (non-hydrogen) atoms. The standard InChI is InChI=1S/C44H51NO2Si/c1-43(2,3)48(35-19-11-7-12-20-35,36-21-13-8-14-22-36)47-42-41(45-29-15-18-32-16-9-6-10-17-32)31-40-39-25-23-33-30-34(46-5)24-26-37(33)38(39)27-28-44(40,42)4/h6-22,24,26,29-30,38-42H,23,25,27-28,31H2,1-5H3/b18-15+,45-29?/t38-,39-,40+,41-,42-,44+/m1/s1. The average molecular weight is 654 g/mol. The zero-order valence-electron chi connectivity index (χ0n) is 29.3. The molecule has 0 bridgehead atoms. The van der Waals surface area contributed by atoms with Crippen LogP contribution in [0.3, 0.4) is 0 Å². The van der Waals surface area contributed by atoms with Crippen LogP contribution in [0.4, 0.5) is 0 Å². The van der Waals surface area contributed by atoms with Gasteiger partial charge in [-0.2, -0.15) is 0 Å². The monoisotopic (exact) mass is 653 g/mol. The summed E-state index contributed by atoms with van der Waals surface area (Å²) in [5, 5.41) is 2.60. The number of hydrogen-bond acceptors (Lipinski definition) is 3. The van der Waals surface area contributed by atoms with Crippen LogP contribution in [0.5, 0.6) is 5.75 Å². The molecule has 0 unspecified atom stereocenters. The second-order valence-electron chi connectivity index (χ2n) is 15.6. The van der Waals surface area contributed by atoms with E-state index in [2.05, 4.69) is 155 Å². The maximum Gasteiger partial charge on any atom is 0.261 e. The predicted molar refractivity (Wildman–Crippen MR) is 203 cm³/mol. The zero-order chi connectivity index (χ0) is 33.4. The number of benzene rings is 4. The molecule has 3 nitrogen and oxygen atoms in total. The molecule has 0 radical (unpaired) electrons. The van der Waals surface area contributed by atoms with Crippen LogP contribution < -0.4 is 15.1 Å². The fourth-order valence-corrected chi connectivity index (χ4v) is 14.6. The molecule has 0 amide bonds. The molecule has 4 heteroatoms. The highest BCUT2D eigenvalue weighted by molar-refractivity contribution is 6.99. The molecule has 4 aromatic carbocycles. The SMILES string of the molecule is COc1ccc2c(c1)CC[C@@H]1[C@@H]2CC[C@]2(C)[C@H](O[Si](c3ccccc3)(c3ccccc3)C(C)(C)C)[C@H](N=C/C=C/c3ccccc3)C[C@@H]12. The van der Waals surface area contributed by atoms with Crippen molar-refractivity contribution in [1.29, 1.82) is 0 Å². The molecule has 3 aliphatic carbocycles. The Balaban J connectivity index is 1.31. The Morgan fingerprint density at radius 3 is 2.10 bits per heavy atom. The first-order valence-electron chi connectivity index (χ1n) is 18.0.